The van der Waals surface area contributed by atoms with Crippen LogP contribution < -0.4 is 5.32 Å². The Morgan fingerprint density at radius 1 is 1.18 bits per heavy atom. The average Bonchev–Trinajstić information content (AvgIpc) is 2.92. The van der Waals surface area contributed by atoms with Crippen LogP contribution in [0.4, 0.5) is 0 Å². The highest BCUT2D eigenvalue weighted by Crippen LogP contribution is 2.05. The Balaban J connectivity index is 1.69. The van der Waals surface area contributed by atoms with E-state index in [1.807, 2.05) is 50.2 Å². The number of hydrogen-bond donors (Lipinski definition) is 1. The average molecular weight is 295 g/mol. The van der Waals surface area contributed by atoms with Gasteiger partial charge < -0.3 is 5.32 Å². The maximum atomic E-state index is 12.1. The third kappa shape index (κ3) is 2.95. The van der Waals surface area contributed by atoms with Crippen molar-refractivity contribution in [3.05, 3.63) is 59.2 Å². The van der Waals surface area contributed by atoms with Crippen molar-refractivity contribution in [3.63, 3.8) is 0 Å². The summed E-state index contributed by atoms with van der Waals surface area (Å²) in [6.45, 7) is 4.35. The summed E-state index contributed by atoms with van der Waals surface area (Å²) in [5, 5.41) is 7.05. The molecule has 6 heteroatoms. The number of rotatable bonds is 4. The van der Waals surface area contributed by atoms with Crippen molar-refractivity contribution in [1.29, 1.82) is 0 Å². The van der Waals surface area contributed by atoms with Gasteiger partial charge in [-0.2, -0.15) is 4.98 Å². The van der Waals surface area contributed by atoms with Gasteiger partial charge >= 0.3 is 0 Å². The molecule has 0 aliphatic heterocycles. The van der Waals surface area contributed by atoms with E-state index in [1.165, 1.54) is 5.56 Å². The van der Waals surface area contributed by atoms with E-state index in [1.54, 1.807) is 4.52 Å². The summed E-state index contributed by atoms with van der Waals surface area (Å²) >= 11 is 0. The number of amides is 1. The molecule has 0 fully saturated rings. The zero-order valence-electron chi connectivity index (χ0n) is 12.6. The van der Waals surface area contributed by atoms with Crippen LogP contribution in [0.25, 0.3) is 5.78 Å². The van der Waals surface area contributed by atoms with Crippen molar-refractivity contribution < 1.29 is 4.79 Å². The van der Waals surface area contributed by atoms with Crippen LogP contribution in [0.2, 0.25) is 0 Å². The lowest BCUT2D eigenvalue weighted by molar-refractivity contribution is 0.0944. The second-order valence-corrected chi connectivity index (χ2v) is 5.18. The molecule has 6 nitrogen and oxygen atoms in total. The van der Waals surface area contributed by atoms with Gasteiger partial charge in [0.25, 0.3) is 11.7 Å². The van der Waals surface area contributed by atoms with Crippen LogP contribution in [0, 0.1) is 13.8 Å². The first-order chi connectivity index (χ1) is 10.6. The fourth-order valence-electron chi connectivity index (χ4n) is 2.31. The molecule has 0 aliphatic carbocycles. The minimum atomic E-state index is -0.279. The van der Waals surface area contributed by atoms with Crippen molar-refractivity contribution in [2.75, 3.05) is 6.54 Å². The van der Waals surface area contributed by atoms with Crippen molar-refractivity contribution in [2.45, 2.75) is 20.3 Å². The van der Waals surface area contributed by atoms with Gasteiger partial charge in [-0.3, -0.25) is 4.79 Å². The summed E-state index contributed by atoms with van der Waals surface area (Å²) in [5.41, 5.74) is 2.94. The number of nitrogens with zero attached hydrogens (tertiary/aromatic N) is 4. The van der Waals surface area contributed by atoms with Gasteiger partial charge in [-0.15, -0.1) is 5.10 Å². The van der Waals surface area contributed by atoms with E-state index in [9.17, 15) is 4.79 Å². The Hall–Kier alpha value is -2.76. The monoisotopic (exact) mass is 295 g/mol. The lowest BCUT2D eigenvalue weighted by atomic mass is 10.1. The summed E-state index contributed by atoms with van der Waals surface area (Å²) in [4.78, 5) is 20.6. The Morgan fingerprint density at radius 2 is 1.95 bits per heavy atom. The van der Waals surface area contributed by atoms with E-state index in [4.69, 9.17) is 0 Å². The summed E-state index contributed by atoms with van der Waals surface area (Å²) in [5.74, 6) is 0.318. The Bertz CT molecular complexity index is 810. The third-order valence-electron chi connectivity index (χ3n) is 3.36. The van der Waals surface area contributed by atoms with Gasteiger partial charge in [0.15, 0.2) is 0 Å². The topological polar surface area (TPSA) is 72.2 Å². The molecule has 0 bridgehead atoms. The van der Waals surface area contributed by atoms with Gasteiger partial charge in [0.05, 0.1) is 0 Å². The summed E-state index contributed by atoms with van der Waals surface area (Å²) in [6, 6.07) is 11.9. The molecule has 1 aromatic carbocycles. The van der Waals surface area contributed by atoms with Crippen LogP contribution in [-0.4, -0.2) is 32.0 Å². The molecule has 0 unspecified atom stereocenters. The molecule has 112 valence electrons. The fraction of sp³-hybridized carbons (Fsp3) is 0.250. The second kappa shape index (κ2) is 5.93. The maximum absolute atomic E-state index is 12.1. The van der Waals surface area contributed by atoms with Crippen LogP contribution >= 0.6 is 0 Å². The number of hydrogen-bond acceptors (Lipinski definition) is 4. The van der Waals surface area contributed by atoms with E-state index in [2.05, 4.69) is 20.4 Å². The first-order valence-corrected chi connectivity index (χ1v) is 7.16. The van der Waals surface area contributed by atoms with Crippen LogP contribution in [0.3, 0.4) is 0 Å². The zero-order valence-corrected chi connectivity index (χ0v) is 12.6. The van der Waals surface area contributed by atoms with Crippen molar-refractivity contribution >= 4 is 11.7 Å². The number of carbonyl (C=O) groups excluding carboxylic acids is 1. The molecule has 0 aliphatic rings. The Labute approximate surface area is 128 Å². The quantitative estimate of drug-likeness (QED) is 0.795. The number of carbonyl (C=O) groups is 1. The highest BCUT2D eigenvalue weighted by Gasteiger charge is 2.14. The number of fused-ring (bicyclic) bond motifs is 1. The molecule has 1 N–H and O–H groups in total. The van der Waals surface area contributed by atoms with Gasteiger partial charge in [0.2, 0.25) is 5.82 Å². The van der Waals surface area contributed by atoms with Gasteiger partial charge in [-0.1, -0.05) is 30.3 Å². The zero-order chi connectivity index (χ0) is 15.5. The number of nitrogens with one attached hydrogen (secondary N) is 1. The minimum absolute atomic E-state index is 0.147. The summed E-state index contributed by atoms with van der Waals surface area (Å²) < 4.78 is 1.58. The molecule has 0 saturated carbocycles. The third-order valence-corrected chi connectivity index (χ3v) is 3.36. The summed E-state index contributed by atoms with van der Waals surface area (Å²) in [6.07, 6.45) is 0.774. The van der Waals surface area contributed by atoms with E-state index in [0.717, 1.165) is 17.8 Å². The molecule has 1 amide bonds. The SMILES string of the molecule is Cc1cc(C)n2nc(C(=O)NCCc3ccccc3)nc2n1. The molecule has 22 heavy (non-hydrogen) atoms. The molecule has 2 heterocycles. The molecular formula is C16H17N5O. The molecule has 2 aromatic heterocycles. The van der Waals surface area contributed by atoms with Gasteiger partial charge in [-0.05, 0) is 31.9 Å². The highest BCUT2D eigenvalue weighted by molar-refractivity contribution is 5.90. The molecular weight excluding hydrogens is 278 g/mol. The van der Waals surface area contributed by atoms with Crippen LogP contribution in [0.15, 0.2) is 36.4 Å². The molecule has 3 aromatic rings. The van der Waals surface area contributed by atoms with Crippen molar-refractivity contribution in [3.8, 4) is 0 Å². The molecule has 0 saturated heterocycles. The van der Waals surface area contributed by atoms with Gasteiger partial charge in [-0.25, -0.2) is 9.50 Å². The first-order valence-electron chi connectivity index (χ1n) is 7.16. The molecule has 0 spiro atoms. The smallest absolute Gasteiger partial charge is 0.291 e. The van der Waals surface area contributed by atoms with E-state index in [0.29, 0.717) is 12.3 Å². The predicted octanol–water partition coefficient (Wildman–Crippen LogP) is 1.71. The van der Waals surface area contributed by atoms with E-state index < -0.39 is 0 Å². The largest absolute Gasteiger partial charge is 0.349 e. The number of benzene rings is 1. The van der Waals surface area contributed by atoms with E-state index >= 15 is 0 Å². The molecule has 3 rings (SSSR count). The van der Waals surface area contributed by atoms with Gasteiger partial charge in [0.1, 0.15) is 0 Å². The summed E-state index contributed by atoms with van der Waals surface area (Å²) in [7, 11) is 0. The Morgan fingerprint density at radius 3 is 2.73 bits per heavy atom. The van der Waals surface area contributed by atoms with Crippen LogP contribution in [-0.2, 0) is 6.42 Å². The first kappa shape index (κ1) is 14.2. The number of aryl methyl sites for hydroxylation is 2. The van der Waals surface area contributed by atoms with E-state index in [-0.39, 0.29) is 11.7 Å². The fourth-order valence-corrected chi connectivity index (χ4v) is 2.31. The highest BCUT2D eigenvalue weighted by atomic mass is 16.2. The van der Waals surface area contributed by atoms with Gasteiger partial charge in [0, 0.05) is 17.9 Å². The molecule has 0 atom stereocenters. The second-order valence-electron chi connectivity index (χ2n) is 5.18. The van der Waals surface area contributed by atoms with Crippen molar-refractivity contribution in [2.24, 2.45) is 0 Å². The maximum Gasteiger partial charge on any atom is 0.291 e. The lowest BCUT2D eigenvalue weighted by Gasteiger charge is -2.02. The normalized spacial score (nSPS) is 10.8. The lowest BCUT2D eigenvalue weighted by Crippen LogP contribution is -2.26. The van der Waals surface area contributed by atoms with Crippen molar-refractivity contribution in [1.82, 2.24) is 24.9 Å². The molecule has 0 radical (unpaired) electrons. The standard InChI is InChI=1S/C16H17N5O/c1-11-10-12(2)21-16(18-11)19-14(20-21)15(22)17-9-8-13-6-4-3-5-7-13/h3-7,10H,8-9H2,1-2H3,(H,17,22). The van der Waals surface area contributed by atoms with Crippen LogP contribution in [0.5, 0.6) is 0 Å². The number of aromatic nitrogens is 4. The predicted molar refractivity (Wildman–Crippen MR) is 82.7 cm³/mol. The Kier molecular flexibility index (Phi) is 3.82. The minimum Gasteiger partial charge on any atom is -0.349 e. The van der Waals surface area contributed by atoms with Crippen LogP contribution in [0.1, 0.15) is 27.6 Å².